The van der Waals surface area contributed by atoms with Gasteiger partial charge >= 0.3 is 0 Å². The van der Waals surface area contributed by atoms with E-state index in [1.807, 2.05) is 30.3 Å². The van der Waals surface area contributed by atoms with Crippen molar-refractivity contribution < 1.29 is 14.0 Å². The molecule has 0 radical (unpaired) electrons. The number of hydrogen-bond acceptors (Lipinski definition) is 3. The third-order valence-electron chi connectivity index (χ3n) is 4.44. The van der Waals surface area contributed by atoms with Crippen LogP contribution >= 0.6 is 0 Å². The van der Waals surface area contributed by atoms with Crippen LogP contribution in [0.2, 0.25) is 0 Å². The molecule has 3 N–H and O–H groups in total. The molecular formula is C23H18FN5O2. The number of hydrogen-bond donors (Lipinski definition) is 3. The highest BCUT2D eigenvalue weighted by Crippen LogP contribution is 2.25. The van der Waals surface area contributed by atoms with Crippen LogP contribution in [0.5, 0.6) is 0 Å². The largest absolute Gasteiger partial charge is 0.357 e. The Kier molecular flexibility index (Phi) is 5.70. The zero-order valence-corrected chi connectivity index (χ0v) is 16.2. The fraction of sp³-hybridized carbons (Fsp3) is 0. The molecule has 4 aromatic rings. The second-order valence-electron chi connectivity index (χ2n) is 6.58. The standard InChI is InChI=1S/C23H18FN5O2/c24-18-11-8-16(9-12-18)22-17(15-29(28-22)19-5-2-1-3-6-19)10-13-21(30)26-27-23(31)20-7-4-14-25-20/h1-15,25H,(H,26,30)(H,27,31)/b13-10+. The number of carbonyl (C=O) groups is 2. The predicted octanol–water partition coefficient (Wildman–Crippen LogP) is 3.48. The highest BCUT2D eigenvalue weighted by molar-refractivity contribution is 5.97. The summed E-state index contributed by atoms with van der Waals surface area (Å²) in [6, 6.07) is 18.7. The van der Waals surface area contributed by atoms with Crippen molar-refractivity contribution in [3.63, 3.8) is 0 Å². The van der Waals surface area contributed by atoms with E-state index in [4.69, 9.17) is 0 Å². The molecule has 4 rings (SSSR count). The zero-order chi connectivity index (χ0) is 21.6. The number of rotatable bonds is 5. The first kappa shape index (κ1) is 19.8. The molecule has 154 valence electrons. The number of para-hydroxylation sites is 1. The molecule has 2 aromatic carbocycles. The smallest absolute Gasteiger partial charge is 0.286 e. The van der Waals surface area contributed by atoms with E-state index in [1.54, 1.807) is 47.4 Å². The maximum Gasteiger partial charge on any atom is 0.286 e. The lowest BCUT2D eigenvalue weighted by molar-refractivity contribution is -0.117. The monoisotopic (exact) mass is 415 g/mol. The van der Waals surface area contributed by atoms with Crippen LogP contribution in [0.3, 0.4) is 0 Å². The van der Waals surface area contributed by atoms with Crippen molar-refractivity contribution in [2.45, 2.75) is 0 Å². The van der Waals surface area contributed by atoms with E-state index in [0.29, 0.717) is 22.5 Å². The minimum atomic E-state index is -0.516. The second-order valence-corrected chi connectivity index (χ2v) is 6.58. The van der Waals surface area contributed by atoms with Crippen LogP contribution in [0.25, 0.3) is 23.0 Å². The van der Waals surface area contributed by atoms with Crippen LogP contribution in [0.4, 0.5) is 4.39 Å². The molecule has 31 heavy (non-hydrogen) atoms. The van der Waals surface area contributed by atoms with Gasteiger partial charge in [0.25, 0.3) is 11.8 Å². The number of amides is 2. The van der Waals surface area contributed by atoms with E-state index in [0.717, 1.165) is 5.69 Å². The molecule has 7 nitrogen and oxygen atoms in total. The number of benzene rings is 2. The molecule has 0 atom stereocenters. The number of carbonyl (C=O) groups excluding carboxylic acids is 2. The lowest BCUT2D eigenvalue weighted by Crippen LogP contribution is -2.40. The Morgan fingerprint density at radius 1 is 0.968 bits per heavy atom. The third-order valence-corrected chi connectivity index (χ3v) is 4.44. The van der Waals surface area contributed by atoms with Gasteiger partial charge in [-0.3, -0.25) is 20.4 Å². The van der Waals surface area contributed by atoms with Gasteiger partial charge in [0.15, 0.2) is 0 Å². The van der Waals surface area contributed by atoms with Crippen molar-refractivity contribution in [2.75, 3.05) is 0 Å². The Morgan fingerprint density at radius 2 is 1.74 bits per heavy atom. The van der Waals surface area contributed by atoms with E-state index in [1.165, 1.54) is 18.2 Å². The number of aromatic amines is 1. The summed E-state index contributed by atoms with van der Waals surface area (Å²) in [5, 5.41) is 4.60. The molecule has 0 saturated carbocycles. The van der Waals surface area contributed by atoms with Crippen molar-refractivity contribution in [3.05, 3.63) is 102 Å². The molecule has 2 amide bonds. The average molecular weight is 415 g/mol. The second kappa shape index (κ2) is 8.91. The van der Waals surface area contributed by atoms with Gasteiger partial charge in [-0.05, 0) is 54.6 Å². The summed E-state index contributed by atoms with van der Waals surface area (Å²) in [6.07, 6.45) is 6.25. The van der Waals surface area contributed by atoms with Crippen molar-refractivity contribution in [1.82, 2.24) is 25.6 Å². The average Bonchev–Trinajstić information content (AvgIpc) is 3.48. The molecule has 0 aliphatic carbocycles. The molecule has 0 fully saturated rings. The van der Waals surface area contributed by atoms with Gasteiger partial charge in [-0.15, -0.1) is 0 Å². The quantitative estimate of drug-likeness (QED) is 0.344. The number of halogens is 1. The first-order valence-corrected chi connectivity index (χ1v) is 9.43. The molecule has 0 bridgehead atoms. The zero-order valence-electron chi connectivity index (χ0n) is 16.2. The van der Waals surface area contributed by atoms with Crippen LogP contribution in [0.15, 0.2) is 85.2 Å². The first-order valence-electron chi connectivity index (χ1n) is 9.43. The highest BCUT2D eigenvalue weighted by atomic mass is 19.1. The Morgan fingerprint density at radius 3 is 2.45 bits per heavy atom. The molecule has 2 aromatic heterocycles. The molecule has 0 unspecified atom stereocenters. The molecule has 0 saturated heterocycles. The van der Waals surface area contributed by atoms with E-state index in [9.17, 15) is 14.0 Å². The summed E-state index contributed by atoms with van der Waals surface area (Å²) in [7, 11) is 0. The van der Waals surface area contributed by atoms with Gasteiger partial charge < -0.3 is 4.98 Å². The van der Waals surface area contributed by atoms with Crippen LogP contribution in [0, 0.1) is 5.82 Å². The van der Waals surface area contributed by atoms with Gasteiger partial charge in [0.2, 0.25) is 0 Å². The molecule has 0 spiro atoms. The van der Waals surface area contributed by atoms with E-state index in [-0.39, 0.29) is 5.82 Å². The van der Waals surface area contributed by atoms with Crippen LogP contribution in [-0.2, 0) is 4.79 Å². The van der Waals surface area contributed by atoms with Crippen molar-refractivity contribution in [1.29, 1.82) is 0 Å². The first-order chi connectivity index (χ1) is 15.1. The molecule has 0 aliphatic heterocycles. The number of aromatic nitrogens is 3. The minimum absolute atomic E-state index is 0.326. The minimum Gasteiger partial charge on any atom is -0.357 e. The fourth-order valence-corrected chi connectivity index (χ4v) is 2.92. The van der Waals surface area contributed by atoms with Crippen molar-refractivity contribution >= 4 is 17.9 Å². The maximum atomic E-state index is 13.3. The Bertz CT molecular complexity index is 1210. The molecule has 0 aliphatic rings. The fourth-order valence-electron chi connectivity index (χ4n) is 2.92. The maximum absolute atomic E-state index is 13.3. The normalized spacial score (nSPS) is 10.9. The van der Waals surface area contributed by atoms with Crippen molar-refractivity contribution in [3.8, 4) is 16.9 Å². The third kappa shape index (κ3) is 4.76. The number of hydrazine groups is 1. The van der Waals surface area contributed by atoms with Gasteiger partial charge in [-0.2, -0.15) is 5.10 Å². The summed E-state index contributed by atoms with van der Waals surface area (Å²) in [5.41, 5.74) is 7.76. The van der Waals surface area contributed by atoms with Crippen molar-refractivity contribution in [2.24, 2.45) is 0 Å². The van der Waals surface area contributed by atoms with Gasteiger partial charge in [0.05, 0.1) is 11.4 Å². The Balaban J connectivity index is 1.55. The van der Waals surface area contributed by atoms with E-state index >= 15 is 0 Å². The SMILES string of the molecule is O=C(/C=C/c1cn(-c2ccccc2)nc1-c1ccc(F)cc1)NNC(=O)c1ccc[nH]1. The Labute approximate surface area is 177 Å². The summed E-state index contributed by atoms with van der Waals surface area (Å²) in [4.78, 5) is 26.8. The summed E-state index contributed by atoms with van der Waals surface area (Å²) in [6.45, 7) is 0. The Hall–Kier alpha value is -4.46. The molecular weight excluding hydrogens is 397 g/mol. The number of nitrogens with zero attached hydrogens (tertiary/aromatic N) is 2. The van der Waals surface area contributed by atoms with Gasteiger partial charge in [-0.25, -0.2) is 9.07 Å². The topological polar surface area (TPSA) is 91.8 Å². The van der Waals surface area contributed by atoms with Gasteiger partial charge in [-0.1, -0.05) is 18.2 Å². The van der Waals surface area contributed by atoms with Crippen LogP contribution in [-0.4, -0.2) is 26.6 Å². The molecule has 8 heteroatoms. The molecule has 2 heterocycles. The van der Waals surface area contributed by atoms with E-state index < -0.39 is 11.8 Å². The van der Waals surface area contributed by atoms with Crippen LogP contribution < -0.4 is 10.9 Å². The lowest BCUT2D eigenvalue weighted by Gasteiger charge is -2.03. The highest BCUT2D eigenvalue weighted by Gasteiger charge is 2.12. The summed E-state index contributed by atoms with van der Waals surface area (Å²) in [5.74, 6) is -1.33. The van der Waals surface area contributed by atoms with Crippen LogP contribution in [0.1, 0.15) is 16.1 Å². The van der Waals surface area contributed by atoms with E-state index in [2.05, 4.69) is 20.9 Å². The van der Waals surface area contributed by atoms with Gasteiger partial charge in [0, 0.05) is 29.6 Å². The van der Waals surface area contributed by atoms with Gasteiger partial charge in [0.1, 0.15) is 11.5 Å². The number of H-pyrrole nitrogens is 1. The number of nitrogens with one attached hydrogen (secondary N) is 3. The summed E-state index contributed by atoms with van der Waals surface area (Å²) < 4.78 is 15.0. The predicted molar refractivity (Wildman–Crippen MR) is 114 cm³/mol. The lowest BCUT2D eigenvalue weighted by atomic mass is 10.1. The summed E-state index contributed by atoms with van der Waals surface area (Å²) >= 11 is 0.